The highest BCUT2D eigenvalue weighted by Gasteiger charge is 2.19. The lowest BCUT2D eigenvalue weighted by atomic mass is 10.1. The summed E-state index contributed by atoms with van der Waals surface area (Å²) in [6.07, 6.45) is 3.19. The Morgan fingerprint density at radius 2 is 1.92 bits per heavy atom. The Morgan fingerprint density at radius 3 is 2.58 bits per heavy atom. The summed E-state index contributed by atoms with van der Waals surface area (Å²) in [5.74, 6) is -0.0351. The molecule has 0 unspecified atom stereocenters. The van der Waals surface area contributed by atoms with Crippen molar-refractivity contribution in [1.29, 1.82) is 0 Å². The second kappa shape index (κ2) is 7.69. The second-order valence-electron chi connectivity index (χ2n) is 5.83. The third-order valence-corrected chi connectivity index (χ3v) is 3.87. The molecule has 2 aromatic heterocycles. The van der Waals surface area contributed by atoms with Gasteiger partial charge in [-0.1, -0.05) is 17.7 Å². The number of nitrogens with one attached hydrogen (secondary N) is 2. The molecule has 0 radical (unpaired) electrons. The van der Waals surface area contributed by atoms with Gasteiger partial charge in [0, 0.05) is 18.3 Å². The molecule has 0 aliphatic rings. The summed E-state index contributed by atoms with van der Waals surface area (Å²) in [6.45, 7) is 4.69. The van der Waals surface area contributed by atoms with Gasteiger partial charge in [0.15, 0.2) is 5.69 Å². The van der Waals surface area contributed by atoms with Gasteiger partial charge in [-0.15, -0.1) is 0 Å². The minimum Gasteiger partial charge on any atom is -0.467 e. The average molecular weight is 352 g/mol. The van der Waals surface area contributed by atoms with Gasteiger partial charge in [0.25, 0.3) is 11.8 Å². The molecule has 1 aromatic carbocycles. The van der Waals surface area contributed by atoms with E-state index in [1.165, 1.54) is 0 Å². The Bertz CT molecular complexity index is 896. The van der Waals surface area contributed by atoms with Crippen LogP contribution in [0.1, 0.15) is 39.1 Å². The predicted octanol–water partition coefficient (Wildman–Crippen LogP) is 2.99. The first-order chi connectivity index (χ1) is 12.6. The molecule has 7 heteroatoms. The predicted molar refractivity (Wildman–Crippen MR) is 96.9 cm³/mol. The van der Waals surface area contributed by atoms with Crippen LogP contribution in [0.25, 0.3) is 0 Å². The van der Waals surface area contributed by atoms with Crippen LogP contribution in [0.4, 0.5) is 5.69 Å². The maximum Gasteiger partial charge on any atom is 0.274 e. The first kappa shape index (κ1) is 17.5. The molecule has 26 heavy (non-hydrogen) atoms. The Morgan fingerprint density at radius 1 is 1.15 bits per heavy atom. The van der Waals surface area contributed by atoms with Crippen LogP contribution in [0.3, 0.4) is 0 Å². The van der Waals surface area contributed by atoms with Crippen LogP contribution >= 0.6 is 0 Å². The van der Waals surface area contributed by atoms with Crippen molar-refractivity contribution in [3.05, 3.63) is 71.4 Å². The lowest BCUT2D eigenvalue weighted by Gasteiger charge is -2.06. The molecule has 0 aliphatic carbocycles. The number of hydrogen-bond acceptors (Lipinski definition) is 4. The first-order valence-electron chi connectivity index (χ1n) is 8.33. The number of amides is 2. The van der Waals surface area contributed by atoms with E-state index in [0.29, 0.717) is 23.6 Å². The fourth-order valence-corrected chi connectivity index (χ4v) is 2.41. The van der Waals surface area contributed by atoms with Gasteiger partial charge in [-0.05, 0) is 38.1 Å². The van der Waals surface area contributed by atoms with Crippen LogP contribution < -0.4 is 10.6 Å². The zero-order valence-electron chi connectivity index (χ0n) is 14.7. The Balaban J connectivity index is 1.75. The average Bonchev–Trinajstić information content (AvgIpc) is 3.30. The van der Waals surface area contributed by atoms with E-state index in [1.807, 2.05) is 26.0 Å². The van der Waals surface area contributed by atoms with Crippen LogP contribution in [0.2, 0.25) is 0 Å². The largest absolute Gasteiger partial charge is 0.467 e. The van der Waals surface area contributed by atoms with E-state index in [9.17, 15) is 9.59 Å². The summed E-state index contributed by atoms with van der Waals surface area (Å²) in [4.78, 5) is 24.9. The fraction of sp³-hybridized carbons (Fsp3) is 0.211. The molecule has 134 valence electrons. The molecule has 3 rings (SSSR count). The Hall–Kier alpha value is -3.35. The minimum atomic E-state index is -0.382. The second-order valence-corrected chi connectivity index (χ2v) is 5.83. The van der Waals surface area contributed by atoms with Crippen molar-refractivity contribution in [2.45, 2.75) is 26.9 Å². The van der Waals surface area contributed by atoms with E-state index >= 15 is 0 Å². The number of hydrogen-bond donors (Lipinski definition) is 2. The molecule has 0 saturated heterocycles. The number of rotatable bonds is 6. The molecular formula is C19H20N4O3. The maximum absolute atomic E-state index is 12.5. The highest BCUT2D eigenvalue weighted by atomic mass is 16.3. The third-order valence-electron chi connectivity index (χ3n) is 3.87. The smallest absolute Gasteiger partial charge is 0.274 e. The van der Waals surface area contributed by atoms with Crippen LogP contribution in [-0.4, -0.2) is 21.6 Å². The quantitative estimate of drug-likeness (QED) is 0.714. The fourth-order valence-electron chi connectivity index (χ4n) is 2.41. The van der Waals surface area contributed by atoms with Gasteiger partial charge >= 0.3 is 0 Å². The van der Waals surface area contributed by atoms with Crippen LogP contribution in [-0.2, 0) is 13.1 Å². The highest BCUT2D eigenvalue weighted by Crippen LogP contribution is 2.16. The van der Waals surface area contributed by atoms with E-state index in [0.717, 1.165) is 5.56 Å². The van der Waals surface area contributed by atoms with Crippen molar-refractivity contribution in [3.8, 4) is 0 Å². The Labute approximate surface area is 151 Å². The number of aryl methyl sites for hydroxylation is 2. The highest BCUT2D eigenvalue weighted by molar-refractivity contribution is 6.08. The summed E-state index contributed by atoms with van der Waals surface area (Å²) in [5.41, 5.74) is 2.12. The number of aromatic nitrogens is 2. The molecule has 2 amide bonds. The summed E-state index contributed by atoms with van der Waals surface area (Å²) in [7, 11) is 0. The maximum atomic E-state index is 12.5. The molecule has 0 spiro atoms. The normalized spacial score (nSPS) is 10.5. The van der Waals surface area contributed by atoms with Gasteiger partial charge in [-0.2, -0.15) is 5.10 Å². The van der Waals surface area contributed by atoms with Crippen molar-refractivity contribution >= 4 is 17.5 Å². The molecule has 0 bridgehead atoms. The summed E-state index contributed by atoms with van der Waals surface area (Å²) in [5, 5.41) is 9.76. The van der Waals surface area contributed by atoms with Crippen molar-refractivity contribution in [1.82, 2.24) is 15.1 Å². The number of nitrogens with zero attached hydrogens (tertiary/aromatic N) is 2. The third kappa shape index (κ3) is 4.00. The molecule has 0 fully saturated rings. The van der Waals surface area contributed by atoms with Gasteiger partial charge in [-0.3, -0.25) is 14.3 Å². The summed E-state index contributed by atoms with van der Waals surface area (Å²) < 4.78 is 6.80. The van der Waals surface area contributed by atoms with E-state index in [1.54, 1.807) is 41.4 Å². The zero-order valence-corrected chi connectivity index (χ0v) is 14.7. The van der Waals surface area contributed by atoms with Crippen molar-refractivity contribution in [3.63, 3.8) is 0 Å². The first-order valence-corrected chi connectivity index (χ1v) is 8.33. The van der Waals surface area contributed by atoms with Gasteiger partial charge < -0.3 is 15.1 Å². The molecular weight excluding hydrogens is 332 g/mol. The monoisotopic (exact) mass is 352 g/mol. The minimum absolute atomic E-state index is 0.166. The molecule has 3 aromatic rings. The zero-order chi connectivity index (χ0) is 18.5. The van der Waals surface area contributed by atoms with Gasteiger partial charge in [0.2, 0.25) is 0 Å². The summed E-state index contributed by atoms with van der Waals surface area (Å²) >= 11 is 0. The molecule has 7 nitrogen and oxygen atoms in total. The molecule has 0 aliphatic heterocycles. The molecule has 0 saturated carbocycles. The van der Waals surface area contributed by atoms with E-state index in [4.69, 9.17) is 4.42 Å². The van der Waals surface area contributed by atoms with Gasteiger partial charge in [0.1, 0.15) is 5.76 Å². The van der Waals surface area contributed by atoms with Crippen LogP contribution in [0.15, 0.2) is 53.3 Å². The van der Waals surface area contributed by atoms with Crippen molar-refractivity contribution in [2.24, 2.45) is 0 Å². The number of furan rings is 1. The molecule has 2 N–H and O–H groups in total. The lowest BCUT2D eigenvalue weighted by molar-refractivity contribution is 0.0943. The number of carbonyl (C=O) groups excluding carboxylic acids is 2. The van der Waals surface area contributed by atoms with Crippen LogP contribution in [0.5, 0.6) is 0 Å². The number of benzene rings is 1. The van der Waals surface area contributed by atoms with E-state index in [-0.39, 0.29) is 24.1 Å². The van der Waals surface area contributed by atoms with Gasteiger partial charge in [0.05, 0.1) is 18.5 Å². The molecule has 0 atom stereocenters. The Kier molecular flexibility index (Phi) is 5.17. The van der Waals surface area contributed by atoms with Crippen LogP contribution in [0, 0.1) is 6.92 Å². The van der Waals surface area contributed by atoms with E-state index in [2.05, 4.69) is 15.7 Å². The van der Waals surface area contributed by atoms with Crippen molar-refractivity contribution < 1.29 is 14.0 Å². The standard InChI is InChI=1S/C19H20N4O3/c1-3-23-12-16(21-18(24)14-8-6-13(2)7-9-14)17(22-23)19(25)20-11-15-5-4-10-26-15/h4-10,12H,3,11H2,1-2H3,(H,20,25)(H,21,24). The van der Waals surface area contributed by atoms with E-state index < -0.39 is 0 Å². The summed E-state index contributed by atoms with van der Waals surface area (Å²) in [6, 6.07) is 10.7. The number of anilines is 1. The number of carbonyl (C=O) groups is 2. The molecule has 2 heterocycles. The SMILES string of the molecule is CCn1cc(NC(=O)c2ccc(C)cc2)c(C(=O)NCc2ccco2)n1. The lowest BCUT2D eigenvalue weighted by Crippen LogP contribution is -2.25. The van der Waals surface area contributed by atoms with Gasteiger partial charge in [-0.25, -0.2) is 0 Å². The topological polar surface area (TPSA) is 89.2 Å². The van der Waals surface area contributed by atoms with Crippen molar-refractivity contribution in [2.75, 3.05) is 5.32 Å².